The number of nitrogens with one attached hydrogen (secondary N) is 1. The molecule has 0 aliphatic carbocycles. The van der Waals surface area contributed by atoms with Gasteiger partial charge in [-0.3, -0.25) is 5.43 Å². The third-order valence-corrected chi connectivity index (χ3v) is 3.57. The minimum Gasteiger partial charge on any atom is -0.253 e. The summed E-state index contributed by atoms with van der Waals surface area (Å²) < 4.78 is 52.2. The van der Waals surface area contributed by atoms with Gasteiger partial charge in [-0.15, -0.1) is 11.3 Å². The van der Waals surface area contributed by atoms with E-state index in [-0.39, 0.29) is 0 Å². The van der Waals surface area contributed by atoms with Gasteiger partial charge in [-0.1, -0.05) is 11.6 Å². The second-order valence-corrected chi connectivity index (χ2v) is 5.25. The van der Waals surface area contributed by atoms with Crippen LogP contribution in [-0.4, -0.2) is 11.2 Å². The minimum absolute atomic E-state index is 0.389. The molecule has 1 N–H and O–H groups in total. The van der Waals surface area contributed by atoms with Crippen molar-refractivity contribution in [3.63, 3.8) is 0 Å². The number of alkyl halides is 3. The molecule has 112 valence electrons. The van der Waals surface area contributed by atoms with Crippen molar-refractivity contribution in [2.75, 3.05) is 5.43 Å². The first kappa shape index (κ1) is 15.7. The summed E-state index contributed by atoms with van der Waals surface area (Å²) in [4.78, 5) is 4.00. The summed E-state index contributed by atoms with van der Waals surface area (Å²) >= 11 is 6.72. The van der Waals surface area contributed by atoms with Gasteiger partial charge in [0.1, 0.15) is 0 Å². The highest BCUT2D eigenvalue weighted by atomic mass is 35.5. The summed E-state index contributed by atoms with van der Waals surface area (Å²) in [6, 6.07) is 1.56. The molecular formula is C12H8ClF4N3S. The van der Waals surface area contributed by atoms with Gasteiger partial charge < -0.3 is 0 Å². The molecule has 0 aliphatic heterocycles. The topological polar surface area (TPSA) is 37.3 Å². The van der Waals surface area contributed by atoms with Gasteiger partial charge in [-0.2, -0.15) is 18.3 Å². The van der Waals surface area contributed by atoms with E-state index in [0.29, 0.717) is 11.2 Å². The maximum absolute atomic E-state index is 13.8. The highest BCUT2D eigenvalue weighted by Crippen LogP contribution is 2.34. The third kappa shape index (κ3) is 3.70. The first-order valence-corrected chi connectivity index (χ1v) is 6.81. The zero-order valence-corrected chi connectivity index (χ0v) is 12.1. The second-order valence-electron chi connectivity index (χ2n) is 3.98. The lowest BCUT2D eigenvalue weighted by Gasteiger charge is -2.11. The Kier molecular flexibility index (Phi) is 4.48. The van der Waals surface area contributed by atoms with Crippen molar-refractivity contribution in [3.05, 3.63) is 45.2 Å². The van der Waals surface area contributed by atoms with Crippen LogP contribution < -0.4 is 5.43 Å². The van der Waals surface area contributed by atoms with Crippen molar-refractivity contribution >= 4 is 34.3 Å². The Bertz CT molecular complexity index is 682. The number of hydrazone groups is 1. The Morgan fingerprint density at radius 1 is 1.38 bits per heavy atom. The molecular weight excluding hydrogens is 330 g/mol. The van der Waals surface area contributed by atoms with Gasteiger partial charge in [0.15, 0.2) is 5.82 Å². The molecule has 0 aliphatic rings. The van der Waals surface area contributed by atoms with E-state index in [1.165, 1.54) is 11.3 Å². The molecule has 0 radical (unpaired) electrons. The lowest BCUT2D eigenvalue weighted by Crippen LogP contribution is -2.11. The Morgan fingerprint density at radius 3 is 2.67 bits per heavy atom. The second kappa shape index (κ2) is 5.98. The fourth-order valence-corrected chi connectivity index (χ4v) is 2.30. The number of benzene rings is 1. The molecule has 0 fully saturated rings. The number of halogens is 5. The highest BCUT2D eigenvalue weighted by Gasteiger charge is 2.34. The number of hydrogen-bond donors (Lipinski definition) is 1. The molecule has 0 atom stereocenters. The molecule has 0 saturated heterocycles. The van der Waals surface area contributed by atoms with E-state index in [1.54, 1.807) is 12.3 Å². The molecule has 0 saturated carbocycles. The number of nitrogens with zero attached hydrogens (tertiary/aromatic N) is 2. The largest absolute Gasteiger partial charge is 0.417 e. The zero-order chi connectivity index (χ0) is 15.6. The summed E-state index contributed by atoms with van der Waals surface area (Å²) in [7, 11) is 0. The van der Waals surface area contributed by atoms with Crippen LogP contribution in [-0.2, 0) is 6.18 Å². The third-order valence-electron chi connectivity index (χ3n) is 2.41. The maximum atomic E-state index is 13.8. The van der Waals surface area contributed by atoms with Gasteiger partial charge >= 0.3 is 6.18 Å². The van der Waals surface area contributed by atoms with Crippen LogP contribution >= 0.6 is 22.9 Å². The van der Waals surface area contributed by atoms with Crippen LogP contribution in [0.1, 0.15) is 16.8 Å². The molecule has 0 unspecified atom stereocenters. The highest BCUT2D eigenvalue weighted by molar-refractivity contribution is 7.13. The average molecular weight is 338 g/mol. The molecule has 2 rings (SSSR count). The predicted octanol–water partition coefficient (Wildman–Crippen LogP) is 4.71. The SMILES string of the molecule is Cc1csc(NN=Cc2c(C(F)(F)F)ccc(Cl)c2F)n1. The molecule has 3 nitrogen and oxygen atoms in total. The van der Waals surface area contributed by atoms with Crippen LogP contribution in [0, 0.1) is 12.7 Å². The fraction of sp³-hybridized carbons (Fsp3) is 0.167. The van der Waals surface area contributed by atoms with Crippen LogP contribution in [0.25, 0.3) is 0 Å². The molecule has 9 heteroatoms. The maximum Gasteiger partial charge on any atom is 0.417 e. The lowest BCUT2D eigenvalue weighted by atomic mass is 10.1. The molecule has 1 aromatic carbocycles. The molecule has 1 aromatic heterocycles. The number of hydrogen-bond acceptors (Lipinski definition) is 4. The van der Waals surface area contributed by atoms with Gasteiger partial charge in [0.05, 0.1) is 22.5 Å². The van der Waals surface area contributed by atoms with E-state index >= 15 is 0 Å². The van der Waals surface area contributed by atoms with Gasteiger partial charge in [-0.25, -0.2) is 9.37 Å². The van der Waals surface area contributed by atoms with E-state index in [2.05, 4.69) is 15.5 Å². The normalized spacial score (nSPS) is 12.1. The van der Waals surface area contributed by atoms with Crippen molar-refractivity contribution in [3.8, 4) is 0 Å². The zero-order valence-electron chi connectivity index (χ0n) is 10.5. The van der Waals surface area contributed by atoms with E-state index in [0.717, 1.165) is 18.0 Å². The van der Waals surface area contributed by atoms with E-state index in [1.807, 2.05) is 0 Å². The minimum atomic E-state index is -4.70. The van der Waals surface area contributed by atoms with Gasteiger partial charge in [0.25, 0.3) is 0 Å². The Morgan fingerprint density at radius 2 is 2.10 bits per heavy atom. The summed E-state index contributed by atoms with van der Waals surface area (Å²) in [5.41, 5.74) is 1.30. The number of aryl methyl sites for hydroxylation is 1. The Labute approximate surface area is 126 Å². The van der Waals surface area contributed by atoms with Crippen LogP contribution in [0.2, 0.25) is 5.02 Å². The summed E-state index contributed by atoms with van der Waals surface area (Å²) in [6.07, 6.45) is -3.97. The molecule has 1 heterocycles. The summed E-state index contributed by atoms with van der Waals surface area (Å²) in [5, 5.41) is 5.29. The molecule has 0 amide bonds. The average Bonchev–Trinajstić information content (AvgIpc) is 2.79. The van der Waals surface area contributed by atoms with Crippen molar-refractivity contribution in [2.45, 2.75) is 13.1 Å². The number of anilines is 1. The number of thiazole rings is 1. The molecule has 21 heavy (non-hydrogen) atoms. The van der Waals surface area contributed by atoms with Crippen LogP contribution in [0.4, 0.5) is 22.7 Å². The summed E-state index contributed by atoms with van der Waals surface area (Å²) in [5.74, 6) is -1.17. The number of rotatable bonds is 3. The van der Waals surface area contributed by atoms with Gasteiger partial charge in [-0.05, 0) is 19.1 Å². The quantitative estimate of drug-likeness (QED) is 0.500. The van der Waals surface area contributed by atoms with Crippen LogP contribution in [0.3, 0.4) is 0 Å². The Hall–Kier alpha value is -1.67. The monoisotopic (exact) mass is 337 g/mol. The van der Waals surface area contributed by atoms with E-state index < -0.39 is 28.1 Å². The van der Waals surface area contributed by atoms with E-state index in [9.17, 15) is 17.6 Å². The Balaban J connectivity index is 2.31. The van der Waals surface area contributed by atoms with Crippen molar-refractivity contribution in [2.24, 2.45) is 5.10 Å². The fourth-order valence-electron chi connectivity index (χ4n) is 1.50. The first-order valence-electron chi connectivity index (χ1n) is 5.55. The van der Waals surface area contributed by atoms with Gasteiger partial charge in [0, 0.05) is 10.9 Å². The lowest BCUT2D eigenvalue weighted by molar-refractivity contribution is -0.137. The predicted molar refractivity (Wildman–Crippen MR) is 74.5 cm³/mol. The van der Waals surface area contributed by atoms with Crippen molar-refractivity contribution in [1.29, 1.82) is 0 Å². The van der Waals surface area contributed by atoms with Crippen molar-refractivity contribution < 1.29 is 17.6 Å². The smallest absolute Gasteiger partial charge is 0.253 e. The first-order chi connectivity index (χ1) is 9.79. The molecule has 0 spiro atoms. The standard InChI is InChI=1S/C12H8ClF4N3S/c1-6-5-21-11(19-6)20-18-4-7-8(12(15,16)17)2-3-9(13)10(7)14/h2-5H,1H3,(H,19,20). The summed E-state index contributed by atoms with van der Waals surface area (Å²) in [6.45, 7) is 1.75. The van der Waals surface area contributed by atoms with E-state index in [4.69, 9.17) is 11.6 Å². The molecule has 2 aromatic rings. The van der Waals surface area contributed by atoms with Gasteiger partial charge in [0.2, 0.25) is 5.13 Å². The van der Waals surface area contributed by atoms with Crippen molar-refractivity contribution in [1.82, 2.24) is 4.98 Å². The number of aromatic nitrogens is 1. The van der Waals surface area contributed by atoms with Crippen LogP contribution in [0.5, 0.6) is 0 Å². The van der Waals surface area contributed by atoms with Crippen LogP contribution in [0.15, 0.2) is 22.6 Å². The molecule has 0 bridgehead atoms.